The third kappa shape index (κ3) is 6.11. The van der Waals surface area contributed by atoms with Gasteiger partial charge in [-0.3, -0.25) is 0 Å². The van der Waals surface area contributed by atoms with E-state index in [0.717, 1.165) is 18.4 Å². The summed E-state index contributed by atoms with van der Waals surface area (Å²) in [4.78, 5) is 5.23. The van der Waals surface area contributed by atoms with E-state index in [1.807, 2.05) is 0 Å². The number of likely N-dealkylation sites (tertiary alicyclic amines) is 1. The number of nitrogens with zero attached hydrogens (tertiary/aromatic N) is 2. The summed E-state index contributed by atoms with van der Waals surface area (Å²) in [5, 5.41) is 0. The summed E-state index contributed by atoms with van der Waals surface area (Å²) in [5.41, 5.74) is 6.08. The molecule has 0 aromatic rings. The van der Waals surface area contributed by atoms with E-state index in [1.165, 1.54) is 64.8 Å². The van der Waals surface area contributed by atoms with Crippen LogP contribution in [-0.4, -0.2) is 54.6 Å². The van der Waals surface area contributed by atoms with Gasteiger partial charge >= 0.3 is 0 Å². The molecule has 0 atom stereocenters. The highest BCUT2D eigenvalue weighted by molar-refractivity contribution is 4.82. The first-order valence-electron chi connectivity index (χ1n) is 8.70. The Bertz CT molecular complexity index is 272. The van der Waals surface area contributed by atoms with Crippen LogP contribution in [0.2, 0.25) is 0 Å². The van der Waals surface area contributed by atoms with Crippen LogP contribution in [0.15, 0.2) is 0 Å². The smallest absolute Gasteiger partial charge is 0.0226 e. The summed E-state index contributed by atoms with van der Waals surface area (Å²) in [7, 11) is 0. The van der Waals surface area contributed by atoms with Crippen molar-refractivity contribution in [3.8, 4) is 0 Å². The molecule has 118 valence electrons. The zero-order valence-electron chi connectivity index (χ0n) is 13.9. The summed E-state index contributed by atoms with van der Waals surface area (Å²) in [6.07, 6.45) is 7.10. The van der Waals surface area contributed by atoms with Crippen LogP contribution in [0.4, 0.5) is 0 Å². The Morgan fingerprint density at radius 1 is 1.10 bits per heavy atom. The van der Waals surface area contributed by atoms with Gasteiger partial charge in [-0.25, -0.2) is 0 Å². The SMILES string of the molecule is CCN(CCC1CCN(CC(C)(C)N)CC1)CC1CC1. The maximum atomic E-state index is 6.12. The summed E-state index contributed by atoms with van der Waals surface area (Å²) in [6.45, 7) is 14.0. The van der Waals surface area contributed by atoms with Crippen LogP contribution in [0.3, 0.4) is 0 Å². The second-order valence-corrected chi connectivity index (χ2v) is 7.83. The molecule has 1 saturated heterocycles. The van der Waals surface area contributed by atoms with Crippen molar-refractivity contribution in [2.75, 3.05) is 39.3 Å². The number of hydrogen-bond acceptors (Lipinski definition) is 3. The molecule has 0 amide bonds. The molecule has 2 fully saturated rings. The van der Waals surface area contributed by atoms with E-state index in [0.29, 0.717) is 0 Å². The molecule has 2 rings (SSSR count). The average molecular weight is 281 g/mol. The van der Waals surface area contributed by atoms with Gasteiger partial charge in [0, 0.05) is 18.6 Å². The number of hydrogen-bond donors (Lipinski definition) is 1. The minimum atomic E-state index is -0.0455. The van der Waals surface area contributed by atoms with Crippen molar-refractivity contribution in [3.63, 3.8) is 0 Å². The highest BCUT2D eigenvalue weighted by Crippen LogP contribution is 2.30. The Morgan fingerprint density at radius 2 is 1.75 bits per heavy atom. The Kier molecular flexibility index (Phi) is 5.88. The second kappa shape index (κ2) is 7.24. The Morgan fingerprint density at radius 3 is 2.25 bits per heavy atom. The van der Waals surface area contributed by atoms with Gasteiger partial charge in [-0.2, -0.15) is 0 Å². The van der Waals surface area contributed by atoms with E-state index in [-0.39, 0.29) is 5.54 Å². The fourth-order valence-electron chi connectivity index (χ4n) is 3.42. The van der Waals surface area contributed by atoms with Crippen LogP contribution in [0.1, 0.15) is 52.9 Å². The molecule has 0 aromatic carbocycles. The maximum Gasteiger partial charge on any atom is 0.0226 e. The maximum absolute atomic E-state index is 6.12. The number of rotatable bonds is 8. The zero-order chi connectivity index (χ0) is 14.6. The summed E-state index contributed by atoms with van der Waals surface area (Å²) in [5.74, 6) is 1.98. The van der Waals surface area contributed by atoms with E-state index < -0.39 is 0 Å². The molecule has 20 heavy (non-hydrogen) atoms. The lowest BCUT2D eigenvalue weighted by Gasteiger charge is -2.36. The molecule has 0 spiro atoms. The number of nitrogens with two attached hydrogens (primary N) is 1. The third-order valence-corrected chi connectivity index (χ3v) is 4.85. The minimum Gasteiger partial charge on any atom is -0.324 e. The Hall–Kier alpha value is -0.120. The van der Waals surface area contributed by atoms with Gasteiger partial charge in [0.05, 0.1) is 0 Å². The fourth-order valence-corrected chi connectivity index (χ4v) is 3.42. The number of piperidine rings is 1. The van der Waals surface area contributed by atoms with Crippen LogP contribution in [0, 0.1) is 11.8 Å². The first-order chi connectivity index (χ1) is 9.46. The molecule has 1 heterocycles. The van der Waals surface area contributed by atoms with E-state index in [1.54, 1.807) is 0 Å². The molecular weight excluding hydrogens is 246 g/mol. The van der Waals surface area contributed by atoms with E-state index in [4.69, 9.17) is 5.73 Å². The molecule has 1 saturated carbocycles. The highest BCUT2D eigenvalue weighted by Gasteiger charge is 2.25. The summed E-state index contributed by atoms with van der Waals surface area (Å²) >= 11 is 0. The van der Waals surface area contributed by atoms with Gasteiger partial charge in [-0.05, 0) is 84.0 Å². The van der Waals surface area contributed by atoms with Crippen LogP contribution >= 0.6 is 0 Å². The monoisotopic (exact) mass is 281 g/mol. The lowest BCUT2D eigenvalue weighted by Crippen LogP contribution is -2.48. The second-order valence-electron chi connectivity index (χ2n) is 7.83. The van der Waals surface area contributed by atoms with Crippen LogP contribution < -0.4 is 5.73 Å². The predicted octanol–water partition coefficient (Wildman–Crippen LogP) is 2.56. The molecule has 0 radical (unpaired) electrons. The van der Waals surface area contributed by atoms with E-state index in [2.05, 4.69) is 30.6 Å². The van der Waals surface area contributed by atoms with Gasteiger partial charge < -0.3 is 15.5 Å². The molecule has 1 aliphatic carbocycles. The Balaban J connectivity index is 1.61. The summed E-state index contributed by atoms with van der Waals surface area (Å²) < 4.78 is 0. The topological polar surface area (TPSA) is 32.5 Å². The fraction of sp³-hybridized carbons (Fsp3) is 1.00. The van der Waals surface area contributed by atoms with Crippen molar-refractivity contribution >= 4 is 0 Å². The van der Waals surface area contributed by atoms with Gasteiger partial charge in [0.2, 0.25) is 0 Å². The van der Waals surface area contributed by atoms with Crippen molar-refractivity contribution in [2.45, 2.75) is 58.4 Å². The predicted molar refractivity (Wildman–Crippen MR) is 86.9 cm³/mol. The molecule has 0 unspecified atom stereocenters. The first-order valence-corrected chi connectivity index (χ1v) is 8.70. The molecular formula is C17H35N3. The lowest BCUT2D eigenvalue weighted by atomic mass is 9.92. The van der Waals surface area contributed by atoms with E-state index >= 15 is 0 Å². The van der Waals surface area contributed by atoms with Gasteiger partial charge in [0.25, 0.3) is 0 Å². The van der Waals surface area contributed by atoms with Crippen molar-refractivity contribution in [1.29, 1.82) is 0 Å². The van der Waals surface area contributed by atoms with Crippen LogP contribution in [-0.2, 0) is 0 Å². The Labute approximate surface area is 125 Å². The normalized spacial score (nSPS) is 22.6. The van der Waals surface area contributed by atoms with Gasteiger partial charge in [0.1, 0.15) is 0 Å². The zero-order valence-corrected chi connectivity index (χ0v) is 13.9. The molecule has 2 aliphatic rings. The minimum absolute atomic E-state index is 0.0455. The lowest BCUT2D eigenvalue weighted by molar-refractivity contribution is 0.144. The van der Waals surface area contributed by atoms with Crippen molar-refractivity contribution in [3.05, 3.63) is 0 Å². The van der Waals surface area contributed by atoms with Crippen LogP contribution in [0.5, 0.6) is 0 Å². The van der Waals surface area contributed by atoms with E-state index in [9.17, 15) is 0 Å². The molecule has 3 heteroatoms. The largest absolute Gasteiger partial charge is 0.324 e. The first kappa shape index (κ1) is 16.3. The summed E-state index contributed by atoms with van der Waals surface area (Å²) in [6, 6.07) is 0. The van der Waals surface area contributed by atoms with Gasteiger partial charge in [-0.1, -0.05) is 6.92 Å². The van der Waals surface area contributed by atoms with Crippen molar-refractivity contribution in [2.24, 2.45) is 17.6 Å². The van der Waals surface area contributed by atoms with Crippen LogP contribution in [0.25, 0.3) is 0 Å². The van der Waals surface area contributed by atoms with Gasteiger partial charge in [-0.15, -0.1) is 0 Å². The molecule has 3 nitrogen and oxygen atoms in total. The quantitative estimate of drug-likeness (QED) is 0.742. The molecule has 0 bridgehead atoms. The third-order valence-electron chi connectivity index (χ3n) is 4.85. The molecule has 1 aliphatic heterocycles. The highest BCUT2D eigenvalue weighted by atomic mass is 15.2. The van der Waals surface area contributed by atoms with Gasteiger partial charge in [0.15, 0.2) is 0 Å². The molecule has 0 aromatic heterocycles. The van der Waals surface area contributed by atoms with Crippen molar-refractivity contribution in [1.82, 2.24) is 9.80 Å². The average Bonchev–Trinajstić information content (AvgIpc) is 3.18. The molecule has 2 N–H and O–H groups in total. The van der Waals surface area contributed by atoms with Crippen molar-refractivity contribution < 1.29 is 0 Å². The standard InChI is InChI=1S/C17H35N3/c1-4-19(13-16-5-6-16)10-7-15-8-11-20(12-9-15)14-17(2,3)18/h15-16H,4-14,18H2,1-3H3.